The van der Waals surface area contributed by atoms with Crippen molar-refractivity contribution >= 4 is 23.5 Å². The van der Waals surface area contributed by atoms with Crippen LogP contribution in [0.1, 0.15) is 43.9 Å². The number of hydrogen-bond donors (Lipinski definition) is 1. The second kappa shape index (κ2) is 7.77. The third-order valence-electron chi connectivity index (χ3n) is 4.20. The Morgan fingerprint density at radius 1 is 1.00 bits per heavy atom. The number of nitrogens with zero attached hydrogens (tertiary/aromatic N) is 2. The van der Waals surface area contributed by atoms with Gasteiger partial charge in [-0.3, -0.25) is 14.6 Å². The predicted octanol–water partition coefficient (Wildman–Crippen LogP) is 2.36. The van der Waals surface area contributed by atoms with Crippen LogP contribution in [0.25, 0.3) is 0 Å². The lowest BCUT2D eigenvalue weighted by Gasteiger charge is -2.15. The van der Waals surface area contributed by atoms with Crippen LogP contribution in [0, 0.1) is 0 Å². The number of methoxy groups -OCH3 is 1. The van der Waals surface area contributed by atoms with Gasteiger partial charge in [0.05, 0.1) is 23.8 Å². The summed E-state index contributed by atoms with van der Waals surface area (Å²) in [4.78, 5) is 42.0. The molecule has 0 atom stereocenters. The minimum Gasteiger partial charge on any atom is -0.465 e. The standard InChI is InChI=1S/C19H19N3O4/c1-26-19(25)13-4-6-16(7-5-13)21-17(23)14-10-15(12-20-11-14)18(24)22-8-2-3-9-22/h4-7,10-12H,2-3,8-9H2,1H3,(H,21,23). The van der Waals surface area contributed by atoms with Gasteiger partial charge in [0.2, 0.25) is 0 Å². The summed E-state index contributed by atoms with van der Waals surface area (Å²) in [5.41, 5.74) is 1.62. The molecule has 1 aliphatic heterocycles. The van der Waals surface area contributed by atoms with Crippen molar-refractivity contribution in [3.05, 3.63) is 59.4 Å². The van der Waals surface area contributed by atoms with Crippen LogP contribution in [0.3, 0.4) is 0 Å². The van der Waals surface area contributed by atoms with Crippen LogP contribution in [0.4, 0.5) is 5.69 Å². The lowest BCUT2D eigenvalue weighted by molar-refractivity contribution is 0.0600. The normalized spacial score (nSPS) is 13.3. The maximum Gasteiger partial charge on any atom is 0.337 e. The van der Waals surface area contributed by atoms with Gasteiger partial charge >= 0.3 is 5.97 Å². The molecule has 1 aliphatic rings. The number of pyridine rings is 1. The van der Waals surface area contributed by atoms with Crippen LogP contribution < -0.4 is 5.32 Å². The molecular weight excluding hydrogens is 334 g/mol. The van der Waals surface area contributed by atoms with E-state index >= 15 is 0 Å². The van der Waals surface area contributed by atoms with E-state index in [9.17, 15) is 14.4 Å². The fourth-order valence-electron chi connectivity index (χ4n) is 2.79. The number of aromatic nitrogens is 1. The fourth-order valence-corrected chi connectivity index (χ4v) is 2.79. The average molecular weight is 353 g/mol. The highest BCUT2D eigenvalue weighted by Crippen LogP contribution is 2.15. The Bertz CT molecular complexity index is 827. The van der Waals surface area contributed by atoms with Crippen LogP contribution >= 0.6 is 0 Å². The molecule has 1 N–H and O–H groups in total. The van der Waals surface area contributed by atoms with E-state index in [1.165, 1.54) is 19.5 Å². The van der Waals surface area contributed by atoms with Crippen LogP contribution in [-0.4, -0.2) is 47.9 Å². The summed E-state index contributed by atoms with van der Waals surface area (Å²) in [7, 11) is 1.31. The third-order valence-corrected chi connectivity index (χ3v) is 4.20. The molecule has 1 aromatic heterocycles. The number of nitrogens with one attached hydrogen (secondary N) is 1. The number of carbonyl (C=O) groups excluding carboxylic acids is 3. The van der Waals surface area contributed by atoms with Gasteiger partial charge < -0.3 is 15.0 Å². The molecule has 1 aromatic carbocycles. The van der Waals surface area contributed by atoms with E-state index in [1.807, 2.05) is 0 Å². The van der Waals surface area contributed by atoms with Gasteiger partial charge in [0.1, 0.15) is 0 Å². The molecule has 134 valence electrons. The number of likely N-dealkylation sites (tertiary alicyclic amines) is 1. The summed E-state index contributed by atoms with van der Waals surface area (Å²) >= 11 is 0. The molecule has 2 amide bonds. The van der Waals surface area contributed by atoms with Crippen molar-refractivity contribution < 1.29 is 19.1 Å². The first kappa shape index (κ1) is 17.6. The van der Waals surface area contributed by atoms with E-state index in [-0.39, 0.29) is 11.8 Å². The van der Waals surface area contributed by atoms with Gasteiger partial charge in [0, 0.05) is 31.2 Å². The monoisotopic (exact) mass is 353 g/mol. The highest BCUT2D eigenvalue weighted by molar-refractivity contribution is 6.06. The summed E-state index contributed by atoms with van der Waals surface area (Å²) in [6, 6.07) is 7.89. The smallest absolute Gasteiger partial charge is 0.337 e. The molecule has 0 unspecified atom stereocenters. The van der Waals surface area contributed by atoms with Crippen LogP contribution in [0.5, 0.6) is 0 Å². The molecular formula is C19H19N3O4. The number of anilines is 1. The van der Waals surface area contributed by atoms with Crippen molar-refractivity contribution in [1.82, 2.24) is 9.88 Å². The highest BCUT2D eigenvalue weighted by Gasteiger charge is 2.20. The summed E-state index contributed by atoms with van der Waals surface area (Å²) in [5, 5.41) is 2.72. The molecule has 0 saturated carbocycles. The Morgan fingerprint density at radius 2 is 1.65 bits per heavy atom. The molecule has 2 aromatic rings. The van der Waals surface area contributed by atoms with E-state index in [0.717, 1.165) is 25.9 Å². The maximum atomic E-state index is 12.4. The first-order chi connectivity index (χ1) is 12.6. The highest BCUT2D eigenvalue weighted by atomic mass is 16.5. The quantitative estimate of drug-likeness (QED) is 0.853. The van der Waals surface area contributed by atoms with Crippen molar-refractivity contribution in [2.24, 2.45) is 0 Å². The van der Waals surface area contributed by atoms with Crippen molar-refractivity contribution in [1.29, 1.82) is 0 Å². The number of rotatable bonds is 4. The number of amides is 2. The topological polar surface area (TPSA) is 88.6 Å². The zero-order chi connectivity index (χ0) is 18.5. The van der Waals surface area contributed by atoms with E-state index in [0.29, 0.717) is 22.4 Å². The molecule has 0 bridgehead atoms. The Labute approximate surface area is 151 Å². The average Bonchev–Trinajstić information content (AvgIpc) is 3.22. The molecule has 0 aliphatic carbocycles. The van der Waals surface area contributed by atoms with Gasteiger partial charge in [-0.25, -0.2) is 4.79 Å². The van der Waals surface area contributed by atoms with Crippen molar-refractivity contribution in [3.8, 4) is 0 Å². The summed E-state index contributed by atoms with van der Waals surface area (Å²) in [5.74, 6) is -0.924. The first-order valence-corrected chi connectivity index (χ1v) is 8.32. The SMILES string of the molecule is COC(=O)c1ccc(NC(=O)c2cncc(C(=O)N3CCCC3)c2)cc1. The van der Waals surface area contributed by atoms with Crippen LogP contribution in [-0.2, 0) is 4.74 Å². The minimum absolute atomic E-state index is 0.105. The van der Waals surface area contributed by atoms with Gasteiger partial charge in [0.15, 0.2) is 0 Å². The zero-order valence-electron chi connectivity index (χ0n) is 14.4. The molecule has 7 heteroatoms. The summed E-state index contributed by atoms with van der Waals surface area (Å²) in [6.45, 7) is 1.48. The molecule has 3 rings (SSSR count). The molecule has 1 saturated heterocycles. The Hall–Kier alpha value is -3.22. The van der Waals surface area contributed by atoms with E-state index < -0.39 is 5.97 Å². The zero-order valence-corrected chi connectivity index (χ0v) is 14.4. The predicted molar refractivity (Wildman–Crippen MR) is 95.1 cm³/mol. The largest absolute Gasteiger partial charge is 0.465 e. The Kier molecular flexibility index (Phi) is 5.26. The fraction of sp³-hybridized carbons (Fsp3) is 0.263. The van der Waals surface area contributed by atoms with Crippen molar-refractivity contribution in [3.63, 3.8) is 0 Å². The number of hydrogen-bond acceptors (Lipinski definition) is 5. The third kappa shape index (κ3) is 3.88. The lowest BCUT2D eigenvalue weighted by Crippen LogP contribution is -2.28. The molecule has 1 fully saturated rings. The van der Waals surface area contributed by atoms with Gasteiger partial charge in [-0.2, -0.15) is 0 Å². The molecule has 2 heterocycles. The summed E-state index contributed by atoms with van der Waals surface area (Å²) < 4.78 is 4.63. The first-order valence-electron chi connectivity index (χ1n) is 8.32. The van der Waals surface area contributed by atoms with Crippen molar-refractivity contribution in [2.75, 3.05) is 25.5 Å². The molecule has 26 heavy (non-hydrogen) atoms. The number of ether oxygens (including phenoxy) is 1. The minimum atomic E-state index is -0.444. The Morgan fingerprint density at radius 3 is 2.31 bits per heavy atom. The molecule has 0 spiro atoms. The second-order valence-electron chi connectivity index (χ2n) is 5.98. The van der Waals surface area contributed by atoms with Gasteiger partial charge in [-0.1, -0.05) is 0 Å². The number of carbonyl (C=O) groups is 3. The van der Waals surface area contributed by atoms with Gasteiger partial charge in [-0.05, 0) is 43.2 Å². The number of esters is 1. The van der Waals surface area contributed by atoms with Crippen LogP contribution in [0.15, 0.2) is 42.7 Å². The van der Waals surface area contributed by atoms with Crippen LogP contribution in [0.2, 0.25) is 0 Å². The van der Waals surface area contributed by atoms with Gasteiger partial charge in [0.25, 0.3) is 11.8 Å². The molecule has 0 radical (unpaired) electrons. The van der Waals surface area contributed by atoms with Gasteiger partial charge in [-0.15, -0.1) is 0 Å². The maximum absolute atomic E-state index is 12.4. The van der Waals surface area contributed by atoms with Crippen molar-refractivity contribution in [2.45, 2.75) is 12.8 Å². The van der Waals surface area contributed by atoms with E-state index in [1.54, 1.807) is 35.2 Å². The summed E-state index contributed by atoms with van der Waals surface area (Å²) in [6.07, 6.45) is 4.89. The molecule has 7 nitrogen and oxygen atoms in total. The number of benzene rings is 1. The van der Waals surface area contributed by atoms with E-state index in [2.05, 4.69) is 15.0 Å². The van der Waals surface area contributed by atoms with E-state index in [4.69, 9.17) is 0 Å². The lowest BCUT2D eigenvalue weighted by atomic mass is 10.1. The Balaban J connectivity index is 1.70. The second-order valence-corrected chi connectivity index (χ2v) is 5.98.